The molecule has 0 spiro atoms. The Bertz CT molecular complexity index is 986. The quantitative estimate of drug-likeness (QED) is 0.437. The second-order valence-electron chi connectivity index (χ2n) is 11.5. The van der Waals surface area contributed by atoms with Gasteiger partial charge in [-0.25, -0.2) is 0 Å². The molecule has 0 radical (unpaired) electrons. The molecule has 0 aliphatic heterocycles. The number of aliphatic hydroxyl groups excluding tert-OH is 1. The highest BCUT2D eigenvalue weighted by molar-refractivity contribution is 5.45. The zero-order valence-corrected chi connectivity index (χ0v) is 20.7. The molecule has 0 atom stereocenters. The minimum Gasteiger partial charge on any atom is -0.497 e. The first-order valence-electron chi connectivity index (χ1n) is 13.4. The normalized spacial score (nSPS) is 33.4. The lowest BCUT2D eigenvalue weighted by Gasteiger charge is -2.56. The Kier molecular flexibility index (Phi) is 6.16. The van der Waals surface area contributed by atoms with E-state index < -0.39 is 0 Å². The minimum absolute atomic E-state index is 0.134. The van der Waals surface area contributed by atoms with Gasteiger partial charge in [0.15, 0.2) is 0 Å². The predicted octanol–water partition coefficient (Wildman–Crippen LogP) is 4.59. The first-order valence-corrected chi connectivity index (χ1v) is 13.4. The van der Waals surface area contributed by atoms with Crippen molar-refractivity contribution in [1.29, 1.82) is 0 Å². The van der Waals surface area contributed by atoms with Crippen molar-refractivity contribution >= 4 is 17.8 Å². The van der Waals surface area contributed by atoms with Crippen molar-refractivity contribution in [2.45, 2.75) is 88.4 Å². The SMILES string of the molecule is COc1ccc(CNc2nc(NC3CCC(O)CC3)nc(NC34CC5CC(CC(C5)C3)C4)n2)cc1. The second kappa shape index (κ2) is 9.45. The molecule has 5 saturated carbocycles. The van der Waals surface area contributed by atoms with Crippen LogP contribution in [0.3, 0.4) is 0 Å². The van der Waals surface area contributed by atoms with E-state index in [0.29, 0.717) is 24.4 Å². The van der Waals surface area contributed by atoms with Crippen molar-refractivity contribution in [3.63, 3.8) is 0 Å². The van der Waals surface area contributed by atoms with Crippen LogP contribution in [0.5, 0.6) is 5.75 Å². The molecule has 4 bridgehead atoms. The summed E-state index contributed by atoms with van der Waals surface area (Å²) >= 11 is 0. The molecular formula is C27H38N6O2. The molecule has 5 fully saturated rings. The van der Waals surface area contributed by atoms with E-state index in [4.69, 9.17) is 19.7 Å². The molecule has 1 heterocycles. The van der Waals surface area contributed by atoms with Crippen LogP contribution in [0.4, 0.5) is 17.8 Å². The molecule has 0 amide bonds. The number of benzene rings is 1. The van der Waals surface area contributed by atoms with Gasteiger partial charge in [-0.2, -0.15) is 15.0 Å². The van der Waals surface area contributed by atoms with Gasteiger partial charge < -0.3 is 25.8 Å². The van der Waals surface area contributed by atoms with E-state index in [-0.39, 0.29) is 17.7 Å². The van der Waals surface area contributed by atoms with Gasteiger partial charge in [0.2, 0.25) is 17.8 Å². The van der Waals surface area contributed by atoms with Gasteiger partial charge in [0.25, 0.3) is 0 Å². The third kappa shape index (κ3) is 5.17. The lowest BCUT2D eigenvalue weighted by atomic mass is 9.53. The molecule has 35 heavy (non-hydrogen) atoms. The maximum absolute atomic E-state index is 9.89. The van der Waals surface area contributed by atoms with Gasteiger partial charge in [0, 0.05) is 18.1 Å². The van der Waals surface area contributed by atoms with Crippen LogP contribution in [0.25, 0.3) is 0 Å². The molecule has 2 aromatic rings. The van der Waals surface area contributed by atoms with E-state index in [1.54, 1.807) is 7.11 Å². The Balaban J connectivity index is 1.21. The van der Waals surface area contributed by atoms with E-state index >= 15 is 0 Å². The number of methoxy groups -OCH3 is 1. The van der Waals surface area contributed by atoms with Gasteiger partial charge in [0.1, 0.15) is 5.75 Å². The van der Waals surface area contributed by atoms with Gasteiger partial charge in [-0.3, -0.25) is 0 Å². The highest BCUT2D eigenvalue weighted by Gasteiger charge is 2.51. The van der Waals surface area contributed by atoms with Crippen LogP contribution in [0.1, 0.15) is 69.8 Å². The van der Waals surface area contributed by atoms with E-state index in [1.807, 2.05) is 24.3 Å². The summed E-state index contributed by atoms with van der Waals surface area (Å²) < 4.78 is 5.27. The summed E-state index contributed by atoms with van der Waals surface area (Å²) in [6.45, 7) is 0.625. The van der Waals surface area contributed by atoms with E-state index in [2.05, 4.69) is 16.0 Å². The topological polar surface area (TPSA) is 104 Å². The lowest BCUT2D eigenvalue weighted by molar-refractivity contribution is 0.0103. The van der Waals surface area contributed by atoms with Crippen LogP contribution in [0.15, 0.2) is 24.3 Å². The number of ether oxygens (including phenoxy) is 1. The second-order valence-corrected chi connectivity index (χ2v) is 11.5. The van der Waals surface area contributed by atoms with Crippen molar-refractivity contribution in [2.75, 3.05) is 23.1 Å². The maximum Gasteiger partial charge on any atom is 0.229 e. The van der Waals surface area contributed by atoms with Crippen molar-refractivity contribution < 1.29 is 9.84 Å². The summed E-state index contributed by atoms with van der Waals surface area (Å²) in [4.78, 5) is 14.4. The largest absolute Gasteiger partial charge is 0.497 e. The molecule has 1 aromatic heterocycles. The van der Waals surface area contributed by atoms with Gasteiger partial charge in [-0.05, 0) is 99.7 Å². The third-order valence-corrected chi connectivity index (χ3v) is 8.69. The first-order chi connectivity index (χ1) is 17.0. The molecule has 5 aliphatic rings. The van der Waals surface area contributed by atoms with E-state index in [0.717, 1.165) is 54.7 Å². The monoisotopic (exact) mass is 478 g/mol. The lowest BCUT2D eigenvalue weighted by Crippen LogP contribution is -2.55. The number of aliphatic hydroxyl groups is 1. The molecule has 0 saturated heterocycles. The molecule has 1 aromatic carbocycles. The Labute approximate surface area is 207 Å². The third-order valence-electron chi connectivity index (χ3n) is 8.69. The van der Waals surface area contributed by atoms with E-state index in [9.17, 15) is 5.11 Å². The van der Waals surface area contributed by atoms with Crippen molar-refractivity contribution in [2.24, 2.45) is 17.8 Å². The van der Waals surface area contributed by atoms with Crippen molar-refractivity contribution in [3.05, 3.63) is 29.8 Å². The standard InChI is InChI=1S/C27H38N6O2/c1-35-23-8-2-17(3-9-23)16-28-24-30-25(29-21-4-6-22(34)7-5-21)32-26(31-24)33-27-13-18-10-19(14-27)12-20(11-18)15-27/h2-3,8-9,18-22,34H,4-7,10-16H2,1H3,(H3,28,29,30,31,32,33). The fraction of sp³-hybridized carbons (Fsp3) is 0.667. The smallest absolute Gasteiger partial charge is 0.229 e. The Morgan fingerprint density at radius 1 is 0.857 bits per heavy atom. The van der Waals surface area contributed by atoms with E-state index in [1.165, 1.54) is 38.5 Å². The van der Waals surface area contributed by atoms with Crippen LogP contribution < -0.4 is 20.7 Å². The summed E-state index contributed by atoms with van der Waals surface area (Å²) in [5, 5.41) is 20.7. The number of aromatic nitrogens is 3. The van der Waals surface area contributed by atoms with Crippen LogP contribution >= 0.6 is 0 Å². The molecule has 188 valence electrons. The average Bonchev–Trinajstić information content (AvgIpc) is 2.83. The summed E-state index contributed by atoms with van der Waals surface area (Å²) in [5.74, 6) is 5.29. The highest BCUT2D eigenvalue weighted by Crippen LogP contribution is 2.56. The number of hydrogen-bond donors (Lipinski definition) is 4. The summed E-state index contributed by atoms with van der Waals surface area (Å²) in [6.07, 6.45) is 11.3. The highest BCUT2D eigenvalue weighted by atomic mass is 16.5. The fourth-order valence-corrected chi connectivity index (χ4v) is 7.40. The minimum atomic E-state index is -0.179. The number of anilines is 3. The summed E-state index contributed by atoms with van der Waals surface area (Å²) in [5.41, 5.74) is 1.27. The zero-order chi connectivity index (χ0) is 23.8. The number of nitrogens with one attached hydrogen (secondary N) is 3. The van der Waals surface area contributed by atoms with Crippen molar-refractivity contribution in [3.8, 4) is 5.75 Å². The molecule has 4 N–H and O–H groups in total. The van der Waals surface area contributed by atoms with Crippen LogP contribution in [-0.4, -0.2) is 44.9 Å². The first kappa shape index (κ1) is 22.8. The molecule has 0 unspecified atom stereocenters. The van der Waals surface area contributed by atoms with Crippen LogP contribution in [0.2, 0.25) is 0 Å². The summed E-state index contributed by atoms with van der Waals surface area (Å²) in [7, 11) is 1.68. The molecule has 5 aliphatic carbocycles. The molecule has 7 rings (SSSR count). The number of nitrogens with zero attached hydrogens (tertiary/aromatic N) is 3. The Morgan fingerprint density at radius 2 is 1.46 bits per heavy atom. The maximum atomic E-state index is 9.89. The Morgan fingerprint density at radius 3 is 2.09 bits per heavy atom. The fourth-order valence-electron chi connectivity index (χ4n) is 7.40. The van der Waals surface area contributed by atoms with Crippen molar-refractivity contribution in [1.82, 2.24) is 15.0 Å². The molecular weight excluding hydrogens is 440 g/mol. The van der Waals surface area contributed by atoms with Gasteiger partial charge in [-0.1, -0.05) is 12.1 Å². The number of hydrogen-bond acceptors (Lipinski definition) is 8. The van der Waals surface area contributed by atoms with Crippen LogP contribution in [0, 0.1) is 17.8 Å². The Hall–Kier alpha value is -2.61. The van der Waals surface area contributed by atoms with Gasteiger partial charge >= 0.3 is 0 Å². The predicted molar refractivity (Wildman–Crippen MR) is 137 cm³/mol. The van der Waals surface area contributed by atoms with Gasteiger partial charge in [-0.15, -0.1) is 0 Å². The van der Waals surface area contributed by atoms with Crippen LogP contribution in [-0.2, 0) is 6.54 Å². The molecule has 8 heteroatoms. The number of rotatable bonds is 8. The zero-order valence-electron chi connectivity index (χ0n) is 20.7. The van der Waals surface area contributed by atoms with Gasteiger partial charge in [0.05, 0.1) is 13.2 Å². The summed E-state index contributed by atoms with van der Waals surface area (Å²) in [6, 6.07) is 8.31. The molecule has 8 nitrogen and oxygen atoms in total. The average molecular weight is 479 g/mol.